The second-order valence-corrected chi connectivity index (χ2v) is 5.48. The van der Waals surface area contributed by atoms with Crippen molar-refractivity contribution < 1.29 is 42.2 Å². The molecule has 148 valence electrons. The number of esters is 3. The average molecular weight is 387 g/mol. The second-order valence-electron chi connectivity index (χ2n) is 5.48. The number of methoxy groups -OCH3 is 3. The molecule has 0 unspecified atom stereocenters. The Balaban J connectivity index is 3.20. The van der Waals surface area contributed by atoms with Crippen molar-refractivity contribution in [1.29, 1.82) is 0 Å². The van der Waals surface area contributed by atoms with E-state index in [9.17, 15) is 28.0 Å². The minimum absolute atomic E-state index is 0.497. The van der Waals surface area contributed by atoms with Crippen LogP contribution in [0, 0.1) is 23.5 Å². The molecule has 0 aliphatic carbocycles. The van der Waals surface area contributed by atoms with Crippen LogP contribution in [0.5, 0.6) is 0 Å². The van der Waals surface area contributed by atoms with Crippen molar-refractivity contribution in [2.24, 2.45) is 11.8 Å². The molecule has 0 aliphatic rings. The highest BCUT2D eigenvalue weighted by atomic mass is 19.1. The van der Waals surface area contributed by atoms with Crippen LogP contribution in [-0.4, -0.2) is 51.2 Å². The van der Waals surface area contributed by atoms with Gasteiger partial charge in [-0.25, -0.2) is 13.6 Å². The molecule has 2 atom stereocenters. The van der Waals surface area contributed by atoms with Crippen molar-refractivity contribution in [1.82, 2.24) is 5.32 Å². The van der Waals surface area contributed by atoms with Crippen LogP contribution >= 0.6 is 0 Å². The number of nitrogens with one attached hydrogen (secondary N) is 1. The topological polar surface area (TPSA) is 108 Å². The van der Waals surface area contributed by atoms with Gasteiger partial charge in [-0.05, 0) is 12.1 Å². The zero-order valence-corrected chi connectivity index (χ0v) is 15.1. The first-order valence-electron chi connectivity index (χ1n) is 7.67. The molecule has 8 nitrogen and oxygen atoms in total. The number of carbonyl (C=O) groups is 4. The van der Waals surface area contributed by atoms with Gasteiger partial charge in [-0.1, -0.05) is 6.92 Å². The first-order valence-corrected chi connectivity index (χ1v) is 7.67. The molecule has 0 spiro atoms. The minimum Gasteiger partial charge on any atom is -0.468 e. The van der Waals surface area contributed by atoms with E-state index in [0.29, 0.717) is 6.07 Å². The third-order valence-electron chi connectivity index (χ3n) is 3.88. The van der Waals surface area contributed by atoms with Gasteiger partial charge >= 0.3 is 17.9 Å². The van der Waals surface area contributed by atoms with Crippen molar-refractivity contribution in [2.45, 2.75) is 13.0 Å². The number of carbonyl (C=O) groups excluding carboxylic acids is 4. The third-order valence-corrected chi connectivity index (χ3v) is 3.88. The first-order chi connectivity index (χ1) is 12.7. The molecule has 0 aromatic heterocycles. The molecule has 0 aliphatic heterocycles. The lowest BCUT2D eigenvalue weighted by atomic mass is 9.87. The Kier molecular flexibility index (Phi) is 7.82. The van der Waals surface area contributed by atoms with E-state index in [2.05, 4.69) is 19.5 Å². The van der Waals surface area contributed by atoms with Gasteiger partial charge in [0.1, 0.15) is 17.7 Å². The Morgan fingerprint density at radius 3 is 1.89 bits per heavy atom. The molecule has 1 amide bonds. The van der Waals surface area contributed by atoms with Crippen LogP contribution in [0.2, 0.25) is 0 Å². The number of hydrogen-bond donors (Lipinski definition) is 1. The van der Waals surface area contributed by atoms with E-state index in [1.54, 1.807) is 0 Å². The molecule has 1 aromatic carbocycles. The number of halogens is 2. The molecule has 1 rings (SSSR count). The lowest BCUT2D eigenvalue weighted by Gasteiger charge is -2.27. The van der Waals surface area contributed by atoms with Gasteiger partial charge in [-0.2, -0.15) is 0 Å². The summed E-state index contributed by atoms with van der Waals surface area (Å²) in [6.45, 7) is 1.31. The Bertz CT molecular complexity index is 722. The van der Waals surface area contributed by atoms with Crippen molar-refractivity contribution in [3.63, 3.8) is 0 Å². The SMILES string of the molecule is COC(=O)C(C(=O)OC)[C@@H](C)[C@@H](NC(=O)c1ccc(F)cc1F)C(=O)OC. The lowest BCUT2D eigenvalue weighted by Crippen LogP contribution is -2.51. The second kappa shape index (κ2) is 9.60. The highest BCUT2D eigenvalue weighted by Crippen LogP contribution is 2.21. The summed E-state index contributed by atoms with van der Waals surface area (Å²) in [7, 11) is 3.09. The molecular formula is C17H19F2NO7. The lowest BCUT2D eigenvalue weighted by molar-refractivity contribution is -0.163. The van der Waals surface area contributed by atoms with E-state index in [1.807, 2.05) is 0 Å². The first kappa shape index (κ1) is 22.0. The monoisotopic (exact) mass is 387 g/mol. The summed E-state index contributed by atoms with van der Waals surface area (Å²) in [5, 5.41) is 2.19. The van der Waals surface area contributed by atoms with Crippen LogP contribution in [0.15, 0.2) is 18.2 Å². The maximum Gasteiger partial charge on any atom is 0.328 e. The fraction of sp³-hybridized carbons (Fsp3) is 0.412. The van der Waals surface area contributed by atoms with Gasteiger partial charge in [-0.3, -0.25) is 14.4 Å². The van der Waals surface area contributed by atoms with Gasteiger partial charge in [0, 0.05) is 12.0 Å². The van der Waals surface area contributed by atoms with Crippen LogP contribution in [0.25, 0.3) is 0 Å². The molecule has 1 N–H and O–H groups in total. The maximum atomic E-state index is 13.8. The Morgan fingerprint density at radius 2 is 1.44 bits per heavy atom. The number of amides is 1. The predicted molar refractivity (Wildman–Crippen MR) is 86.3 cm³/mol. The summed E-state index contributed by atoms with van der Waals surface area (Å²) in [5.41, 5.74) is -0.537. The van der Waals surface area contributed by atoms with Gasteiger partial charge < -0.3 is 19.5 Å². The minimum atomic E-state index is -1.55. The van der Waals surface area contributed by atoms with Crippen molar-refractivity contribution in [3.05, 3.63) is 35.4 Å². The summed E-state index contributed by atoms with van der Waals surface area (Å²) >= 11 is 0. The largest absolute Gasteiger partial charge is 0.468 e. The number of rotatable bonds is 7. The number of benzene rings is 1. The molecule has 0 saturated carbocycles. The normalized spacial score (nSPS) is 12.7. The summed E-state index contributed by atoms with van der Waals surface area (Å²) in [5.74, 6) is -8.80. The van der Waals surface area contributed by atoms with Gasteiger partial charge in [0.25, 0.3) is 5.91 Å². The fourth-order valence-electron chi connectivity index (χ4n) is 2.40. The smallest absolute Gasteiger partial charge is 0.328 e. The van der Waals surface area contributed by atoms with E-state index in [0.717, 1.165) is 33.5 Å². The van der Waals surface area contributed by atoms with Crippen LogP contribution in [0.1, 0.15) is 17.3 Å². The Labute approximate surface area is 153 Å². The zero-order valence-electron chi connectivity index (χ0n) is 15.1. The van der Waals surface area contributed by atoms with Crippen LogP contribution < -0.4 is 5.32 Å². The highest BCUT2D eigenvalue weighted by Gasteiger charge is 2.42. The van der Waals surface area contributed by atoms with Gasteiger partial charge in [0.2, 0.25) is 0 Å². The summed E-state index contributed by atoms with van der Waals surface area (Å²) in [6, 6.07) is 0.726. The summed E-state index contributed by atoms with van der Waals surface area (Å²) in [6.07, 6.45) is 0. The summed E-state index contributed by atoms with van der Waals surface area (Å²) < 4.78 is 40.4. The molecular weight excluding hydrogens is 368 g/mol. The highest BCUT2D eigenvalue weighted by molar-refractivity contribution is 5.99. The molecule has 0 fully saturated rings. The molecule has 10 heteroatoms. The zero-order chi connectivity index (χ0) is 20.7. The quantitative estimate of drug-likeness (QED) is 0.419. The fourth-order valence-corrected chi connectivity index (χ4v) is 2.40. The average Bonchev–Trinajstić information content (AvgIpc) is 2.64. The molecule has 0 bridgehead atoms. The van der Waals surface area contributed by atoms with E-state index < -0.39 is 58.9 Å². The number of hydrogen-bond acceptors (Lipinski definition) is 7. The van der Waals surface area contributed by atoms with E-state index in [1.165, 1.54) is 6.92 Å². The molecule has 27 heavy (non-hydrogen) atoms. The van der Waals surface area contributed by atoms with Crippen LogP contribution in [-0.2, 0) is 28.6 Å². The van der Waals surface area contributed by atoms with Crippen LogP contribution in [0.3, 0.4) is 0 Å². The van der Waals surface area contributed by atoms with Crippen molar-refractivity contribution in [3.8, 4) is 0 Å². The van der Waals surface area contributed by atoms with Crippen LogP contribution in [0.4, 0.5) is 8.78 Å². The van der Waals surface area contributed by atoms with Gasteiger partial charge in [0.05, 0.1) is 26.9 Å². The number of ether oxygens (including phenoxy) is 3. The standard InChI is InChI=1S/C17H19F2NO7/c1-8(12(15(22)25-2)16(23)26-3)13(17(24)27-4)20-14(21)10-6-5-9(18)7-11(10)19/h5-8,12-13H,1-4H3,(H,20,21)/t8-,13-/m1/s1. The molecule has 0 heterocycles. The van der Waals surface area contributed by atoms with Gasteiger partial charge in [-0.15, -0.1) is 0 Å². The third kappa shape index (κ3) is 5.22. The molecule has 1 aromatic rings. The van der Waals surface area contributed by atoms with Gasteiger partial charge in [0.15, 0.2) is 5.92 Å². The predicted octanol–water partition coefficient (Wildman–Crippen LogP) is 0.834. The summed E-state index contributed by atoms with van der Waals surface area (Å²) in [4.78, 5) is 48.2. The van der Waals surface area contributed by atoms with E-state index in [4.69, 9.17) is 0 Å². The van der Waals surface area contributed by atoms with Crippen molar-refractivity contribution in [2.75, 3.05) is 21.3 Å². The van der Waals surface area contributed by atoms with E-state index in [-0.39, 0.29) is 0 Å². The molecule has 0 saturated heterocycles. The molecule has 0 radical (unpaired) electrons. The maximum absolute atomic E-state index is 13.8. The Hall–Kier alpha value is -3.04. The van der Waals surface area contributed by atoms with E-state index >= 15 is 0 Å². The Morgan fingerprint density at radius 1 is 0.926 bits per heavy atom. The van der Waals surface area contributed by atoms with Crippen molar-refractivity contribution >= 4 is 23.8 Å².